The first-order valence-electron chi connectivity index (χ1n) is 13.3. The Labute approximate surface area is 252 Å². The molecule has 0 radical (unpaired) electrons. The molecule has 0 aliphatic heterocycles. The lowest BCUT2D eigenvalue weighted by Gasteiger charge is -2.16. The average Bonchev–Trinajstić information content (AvgIpc) is 3.01. The zero-order valence-corrected chi connectivity index (χ0v) is 23.9. The Kier molecular flexibility index (Phi) is 10.4. The number of carbonyl (C=O) groups is 4. The zero-order chi connectivity index (χ0) is 30.8. The van der Waals surface area contributed by atoms with E-state index in [2.05, 4.69) is 16.0 Å². The van der Waals surface area contributed by atoms with Crippen molar-refractivity contribution in [3.63, 3.8) is 0 Å². The van der Waals surface area contributed by atoms with Crippen molar-refractivity contribution < 1.29 is 28.7 Å². The van der Waals surface area contributed by atoms with Crippen molar-refractivity contribution in [3.05, 3.63) is 131 Å². The maximum Gasteiger partial charge on any atom is 0.335 e. The largest absolute Gasteiger partial charge is 0.478 e. The molecule has 1 unspecified atom stereocenters. The van der Waals surface area contributed by atoms with Crippen molar-refractivity contribution in [3.8, 4) is 0 Å². The van der Waals surface area contributed by atoms with Gasteiger partial charge in [0.25, 0.3) is 11.8 Å². The maximum absolute atomic E-state index is 13.4. The summed E-state index contributed by atoms with van der Waals surface area (Å²) in [5, 5.41) is 16.9. The summed E-state index contributed by atoms with van der Waals surface area (Å²) in [5.41, 5.74) is 1.69. The number of carboxylic acids is 1. The standard InChI is InChI=1S/C33H28FN3O5S/c1-2-29(32(40)36-25-11-6-10-23(19-25)33(41)42)43-27-13-7-12-26(20-27)35-31(39)28(18-21-14-16-24(34)17-15-21)37-30(38)22-8-4-3-5-9-22/h3-20,29H,2H2,1H3,(H,35,39)(H,36,40)(H,37,38)(H,41,42)/b28-18-. The van der Waals surface area contributed by atoms with Gasteiger partial charge in [0, 0.05) is 21.8 Å². The average molecular weight is 598 g/mol. The van der Waals surface area contributed by atoms with Gasteiger partial charge in [0.05, 0.1) is 10.8 Å². The second-order valence-corrected chi connectivity index (χ2v) is 10.6. The van der Waals surface area contributed by atoms with Gasteiger partial charge in [0.1, 0.15) is 11.5 Å². The third-order valence-corrected chi connectivity index (χ3v) is 7.48. The van der Waals surface area contributed by atoms with Crippen LogP contribution in [0.2, 0.25) is 0 Å². The lowest BCUT2D eigenvalue weighted by molar-refractivity contribution is -0.116. The number of anilines is 2. The molecular weight excluding hydrogens is 569 g/mol. The molecule has 0 fully saturated rings. The van der Waals surface area contributed by atoms with Crippen molar-refractivity contribution in [2.24, 2.45) is 0 Å². The Morgan fingerprint density at radius 3 is 2.14 bits per heavy atom. The fraction of sp³-hybridized carbons (Fsp3) is 0.0909. The van der Waals surface area contributed by atoms with E-state index >= 15 is 0 Å². The number of amides is 3. The third-order valence-electron chi connectivity index (χ3n) is 6.12. The summed E-state index contributed by atoms with van der Waals surface area (Å²) in [6, 6.07) is 26.8. The van der Waals surface area contributed by atoms with Crippen LogP contribution >= 0.6 is 11.8 Å². The number of benzene rings is 4. The van der Waals surface area contributed by atoms with Crippen molar-refractivity contribution in [1.82, 2.24) is 5.32 Å². The van der Waals surface area contributed by atoms with E-state index in [9.17, 15) is 28.7 Å². The SMILES string of the molecule is CCC(Sc1cccc(NC(=O)/C(=C/c2ccc(F)cc2)NC(=O)c2ccccc2)c1)C(=O)Nc1cccc(C(=O)O)c1. The molecule has 4 rings (SSSR count). The lowest BCUT2D eigenvalue weighted by Crippen LogP contribution is -2.30. The van der Waals surface area contributed by atoms with Gasteiger partial charge in [0.2, 0.25) is 5.91 Å². The fourth-order valence-corrected chi connectivity index (χ4v) is 4.97. The first-order chi connectivity index (χ1) is 20.7. The molecule has 0 bridgehead atoms. The third kappa shape index (κ3) is 8.88. The number of thioether (sulfide) groups is 1. The van der Waals surface area contributed by atoms with Crippen LogP contribution < -0.4 is 16.0 Å². The summed E-state index contributed by atoms with van der Waals surface area (Å²) >= 11 is 1.29. The maximum atomic E-state index is 13.4. The van der Waals surface area contributed by atoms with Crippen molar-refractivity contribution in [2.45, 2.75) is 23.5 Å². The molecule has 218 valence electrons. The normalized spacial score (nSPS) is 11.7. The fourth-order valence-electron chi connectivity index (χ4n) is 3.95. The van der Waals surface area contributed by atoms with E-state index in [-0.39, 0.29) is 17.2 Å². The molecule has 0 aromatic heterocycles. The van der Waals surface area contributed by atoms with E-state index in [1.54, 1.807) is 66.7 Å². The Hall–Kier alpha value is -5.22. The van der Waals surface area contributed by atoms with Crippen LogP contribution in [0.3, 0.4) is 0 Å². The number of nitrogens with one attached hydrogen (secondary N) is 3. The molecule has 10 heteroatoms. The quantitative estimate of drug-likeness (QED) is 0.116. The van der Waals surface area contributed by atoms with Crippen LogP contribution in [-0.2, 0) is 9.59 Å². The van der Waals surface area contributed by atoms with Gasteiger partial charge in [0.15, 0.2) is 0 Å². The number of hydrogen-bond donors (Lipinski definition) is 4. The smallest absolute Gasteiger partial charge is 0.335 e. The molecule has 0 spiro atoms. The Morgan fingerprint density at radius 1 is 0.814 bits per heavy atom. The zero-order valence-electron chi connectivity index (χ0n) is 23.0. The predicted octanol–water partition coefficient (Wildman–Crippen LogP) is 6.44. The molecular formula is C33H28FN3O5S. The van der Waals surface area contributed by atoms with Crippen LogP contribution in [0.1, 0.15) is 39.6 Å². The highest BCUT2D eigenvalue weighted by molar-refractivity contribution is 8.00. The minimum absolute atomic E-state index is 0.0482. The Balaban J connectivity index is 1.49. The van der Waals surface area contributed by atoms with Crippen molar-refractivity contribution in [1.29, 1.82) is 0 Å². The van der Waals surface area contributed by atoms with Gasteiger partial charge in [-0.1, -0.05) is 49.4 Å². The first kappa shape index (κ1) is 30.7. The van der Waals surface area contributed by atoms with Crippen LogP contribution in [0.4, 0.5) is 15.8 Å². The molecule has 1 atom stereocenters. The topological polar surface area (TPSA) is 125 Å². The predicted molar refractivity (Wildman–Crippen MR) is 165 cm³/mol. The van der Waals surface area contributed by atoms with Gasteiger partial charge in [-0.15, -0.1) is 11.8 Å². The first-order valence-corrected chi connectivity index (χ1v) is 14.2. The van der Waals surface area contributed by atoms with Gasteiger partial charge in [-0.2, -0.15) is 0 Å². The van der Waals surface area contributed by atoms with Crippen molar-refractivity contribution in [2.75, 3.05) is 10.6 Å². The molecule has 0 aliphatic rings. The van der Waals surface area contributed by atoms with Crippen molar-refractivity contribution >= 4 is 52.9 Å². The van der Waals surface area contributed by atoms with E-state index in [1.807, 2.05) is 6.92 Å². The van der Waals surface area contributed by atoms with Crippen LogP contribution in [0.25, 0.3) is 6.08 Å². The van der Waals surface area contributed by atoms with E-state index < -0.39 is 28.9 Å². The second kappa shape index (κ2) is 14.6. The minimum Gasteiger partial charge on any atom is -0.478 e. The summed E-state index contributed by atoms with van der Waals surface area (Å²) in [4.78, 5) is 51.1. The molecule has 43 heavy (non-hydrogen) atoms. The number of aromatic carboxylic acids is 1. The second-order valence-electron chi connectivity index (χ2n) is 9.30. The highest BCUT2D eigenvalue weighted by Gasteiger charge is 2.20. The van der Waals surface area contributed by atoms with Crippen LogP contribution in [0.15, 0.2) is 114 Å². The number of carboxylic acid groups (broad SMARTS) is 1. The summed E-state index contributed by atoms with van der Waals surface area (Å²) in [5.74, 6) is -2.90. The Morgan fingerprint density at radius 2 is 1.47 bits per heavy atom. The number of carbonyl (C=O) groups excluding carboxylic acids is 3. The monoisotopic (exact) mass is 597 g/mol. The van der Waals surface area contributed by atoms with Gasteiger partial charge in [-0.3, -0.25) is 14.4 Å². The van der Waals surface area contributed by atoms with Crippen LogP contribution in [-0.4, -0.2) is 34.0 Å². The molecule has 4 aromatic rings. The van der Waals surface area contributed by atoms with Crippen LogP contribution in [0, 0.1) is 5.82 Å². The molecule has 4 aromatic carbocycles. The molecule has 0 heterocycles. The number of rotatable bonds is 11. The van der Waals surface area contributed by atoms with Gasteiger partial charge < -0.3 is 21.1 Å². The summed E-state index contributed by atoms with van der Waals surface area (Å²) < 4.78 is 13.4. The van der Waals surface area contributed by atoms with E-state index in [4.69, 9.17) is 0 Å². The molecule has 0 saturated heterocycles. The molecule has 8 nitrogen and oxygen atoms in total. The molecule has 0 aliphatic carbocycles. The number of halogens is 1. The Bertz CT molecular complexity index is 1660. The highest BCUT2D eigenvalue weighted by Crippen LogP contribution is 2.29. The molecule has 3 amide bonds. The van der Waals surface area contributed by atoms with Gasteiger partial charge >= 0.3 is 5.97 Å². The molecule has 0 saturated carbocycles. The van der Waals surface area contributed by atoms with E-state index in [0.717, 1.165) is 0 Å². The van der Waals surface area contributed by atoms with Gasteiger partial charge in [-0.05, 0) is 78.7 Å². The number of hydrogen-bond acceptors (Lipinski definition) is 5. The highest BCUT2D eigenvalue weighted by atomic mass is 32.2. The summed E-state index contributed by atoms with van der Waals surface area (Å²) in [6.07, 6.45) is 1.94. The molecule has 4 N–H and O–H groups in total. The van der Waals surface area contributed by atoms with E-state index in [0.29, 0.717) is 33.8 Å². The lowest BCUT2D eigenvalue weighted by atomic mass is 10.1. The van der Waals surface area contributed by atoms with Gasteiger partial charge in [-0.25, -0.2) is 9.18 Å². The summed E-state index contributed by atoms with van der Waals surface area (Å²) in [7, 11) is 0. The van der Waals surface area contributed by atoms with Crippen LogP contribution in [0.5, 0.6) is 0 Å². The summed E-state index contributed by atoms with van der Waals surface area (Å²) in [6.45, 7) is 1.86. The van der Waals surface area contributed by atoms with E-state index in [1.165, 1.54) is 54.2 Å². The minimum atomic E-state index is -1.09.